The van der Waals surface area contributed by atoms with Gasteiger partial charge >= 0.3 is 0 Å². The van der Waals surface area contributed by atoms with E-state index in [9.17, 15) is 0 Å². The summed E-state index contributed by atoms with van der Waals surface area (Å²) in [6, 6.07) is 0.00501. The Bertz CT molecular complexity index is 577. The van der Waals surface area contributed by atoms with Crippen LogP contribution in [0.1, 0.15) is 41.2 Å². The molecule has 0 aliphatic carbocycles. The largest absolute Gasteiger partial charge is 0.271 e. The second kappa shape index (κ2) is 6.67. The molecule has 0 aliphatic heterocycles. The van der Waals surface area contributed by atoms with Crippen molar-refractivity contribution in [3.05, 3.63) is 32.5 Å². The number of hydrazine groups is 1. The Morgan fingerprint density at radius 3 is 2.75 bits per heavy atom. The smallest absolute Gasteiger partial charge is 0.0897 e. The highest BCUT2D eigenvalue weighted by Gasteiger charge is 2.20. The fourth-order valence-electron chi connectivity index (χ4n) is 2.19. The van der Waals surface area contributed by atoms with Gasteiger partial charge in [0.1, 0.15) is 0 Å². The third kappa shape index (κ3) is 3.03. The molecule has 20 heavy (non-hydrogen) atoms. The van der Waals surface area contributed by atoms with Gasteiger partial charge < -0.3 is 0 Å². The zero-order chi connectivity index (χ0) is 14.7. The first kappa shape index (κ1) is 15.4. The van der Waals surface area contributed by atoms with Gasteiger partial charge in [-0.2, -0.15) is 5.10 Å². The molecule has 0 saturated carbocycles. The Morgan fingerprint density at radius 1 is 1.50 bits per heavy atom. The van der Waals surface area contributed by atoms with Crippen LogP contribution in [0.5, 0.6) is 0 Å². The molecule has 0 amide bonds. The molecule has 3 N–H and O–H groups in total. The van der Waals surface area contributed by atoms with Crippen LogP contribution >= 0.6 is 22.9 Å². The minimum atomic E-state index is 0.00501. The Morgan fingerprint density at radius 2 is 2.25 bits per heavy atom. The van der Waals surface area contributed by atoms with E-state index < -0.39 is 0 Å². The van der Waals surface area contributed by atoms with Gasteiger partial charge in [-0.05, 0) is 20.3 Å². The third-order valence-electron chi connectivity index (χ3n) is 3.28. The Hall–Kier alpha value is -0.950. The Kier molecular flexibility index (Phi) is 5.15. The van der Waals surface area contributed by atoms with Gasteiger partial charge in [0.15, 0.2) is 0 Å². The fourth-order valence-corrected chi connectivity index (χ4v) is 3.38. The minimum Gasteiger partial charge on any atom is -0.271 e. The van der Waals surface area contributed by atoms with Gasteiger partial charge in [-0.1, -0.05) is 18.5 Å². The molecule has 5 nitrogen and oxygen atoms in total. The van der Waals surface area contributed by atoms with Crippen molar-refractivity contribution in [3.8, 4) is 0 Å². The summed E-state index contributed by atoms with van der Waals surface area (Å²) in [6.45, 7) is 6.91. The normalized spacial score (nSPS) is 12.8. The van der Waals surface area contributed by atoms with Gasteiger partial charge in [-0.3, -0.25) is 16.0 Å². The first-order chi connectivity index (χ1) is 9.60. The highest BCUT2D eigenvalue weighted by Crippen LogP contribution is 2.28. The maximum atomic E-state index is 6.44. The van der Waals surface area contributed by atoms with Gasteiger partial charge in [-0.25, -0.2) is 4.98 Å². The SMILES string of the molecule is CCc1nn(CC)c(CC(NN)c2cnc(C)s2)c1Cl. The van der Waals surface area contributed by atoms with Crippen LogP contribution < -0.4 is 11.3 Å². The molecule has 0 saturated heterocycles. The summed E-state index contributed by atoms with van der Waals surface area (Å²) in [7, 11) is 0. The molecule has 0 aromatic carbocycles. The molecular formula is C13H20ClN5S. The molecule has 2 aromatic rings. The molecule has 0 spiro atoms. The standard InChI is InChI=1S/C13H20ClN5S/c1-4-9-13(14)11(19(5-2)18-9)6-10(17-15)12-7-16-8(3)20-12/h7,10,17H,4-6,15H2,1-3H3. The third-order valence-corrected chi connectivity index (χ3v) is 4.74. The van der Waals surface area contributed by atoms with E-state index >= 15 is 0 Å². The molecule has 2 rings (SSSR count). The molecule has 0 radical (unpaired) electrons. The number of nitrogens with one attached hydrogen (secondary N) is 1. The van der Waals surface area contributed by atoms with E-state index in [1.165, 1.54) is 0 Å². The zero-order valence-electron chi connectivity index (χ0n) is 12.0. The molecule has 2 heterocycles. The highest BCUT2D eigenvalue weighted by atomic mass is 35.5. The van der Waals surface area contributed by atoms with E-state index in [0.29, 0.717) is 6.42 Å². The maximum absolute atomic E-state index is 6.44. The van der Waals surface area contributed by atoms with Crippen molar-refractivity contribution in [2.24, 2.45) is 5.84 Å². The van der Waals surface area contributed by atoms with E-state index in [4.69, 9.17) is 17.4 Å². The summed E-state index contributed by atoms with van der Waals surface area (Å²) < 4.78 is 1.96. The number of aryl methyl sites for hydroxylation is 3. The quantitative estimate of drug-likeness (QED) is 0.635. The molecule has 2 aromatic heterocycles. The van der Waals surface area contributed by atoms with Crippen molar-refractivity contribution in [1.82, 2.24) is 20.2 Å². The molecule has 0 aliphatic rings. The maximum Gasteiger partial charge on any atom is 0.0897 e. The topological polar surface area (TPSA) is 68.8 Å². The lowest BCUT2D eigenvalue weighted by Crippen LogP contribution is -2.29. The van der Waals surface area contributed by atoms with E-state index in [2.05, 4.69) is 29.4 Å². The van der Waals surface area contributed by atoms with Crippen LogP contribution in [-0.2, 0) is 19.4 Å². The lowest BCUT2D eigenvalue weighted by molar-refractivity contribution is 0.522. The Labute approximate surface area is 128 Å². The van der Waals surface area contributed by atoms with Crippen molar-refractivity contribution in [2.75, 3.05) is 0 Å². The summed E-state index contributed by atoms with van der Waals surface area (Å²) in [5, 5.41) is 6.33. The number of halogens is 1. The second-order valence-electron chi connectivity index (χ2n) is 4.58. The molecule has 0 bridgehead atoms. The number of nitrogens with two attached hydrogens (primary N) is 1. The van der Waals surface area contributed by atoms with E-state index in [1.807, 2.05) is 17.8 Å². The first-order valence-electron chi connectivity index (χ1n) is 6.73. The van der Waals surface area contributed by atoms with Crippen LogP contribution in [0.25, 0.3) is 0 Å². The number of hydrogen-bond donors (Lipinski definition) is 2. The predicted octanol–water partition coefficient (Wildman–Crippen LogP) is 2.63. The number of rotatable bonds is 6. The molecule has 0 fully saturated rings. The number of aromatic nitrogens is 3. The van der Waals surface area contributed by atoms with Crippen LogP contribution in [0.15, 0.2) is 6.20 Å². The molecule has 1 unspecified atom stereocenters. The van der Waals surface area contributed by atoms with Crippen LogP contribution in [-0.4, -0.2) is 14.8 Å². The minimum absolute atomic E-state index is 0.00501. The van der Waals surface area contributed by atoms with Crippen LogP contribution in [0.4, 0.5) is 0 Å². The van der Waals surface area contributed by atoms with Crippen molar-refractivity contribution in [3.63, 3.8) is 0 Å². The van der Waals surface area contributed by atoms with Gasteiger partial charge in [0.25, 0.3) is 0 Å². The average molecular weight is 314 g/mol. The lowest BCUT2D eigenvalue weighted by atomic mass is 10.1. The molecule has 1 atom stereocenters. The van der Waals surface area contributed by atoms with Crippen LogP contribution in [0, 0.1) is 6.92 Å². The average Bonchev–Trinajstić information content (AvgIpc) is 3.00. The van der Waals surface area contributed by atoms with Crippen LogP contribution in [0.2, 0.25) is 5.02 Å². The van der Waals surface area contributed by atoms with Crippen molar-refractivity contribution >= 4 is 22.9 Å². The van der Waals surface area contributed by atoms with Gasteiger partial charge in [0.05, 0.1) is 27.5 Å². The molecule has 7 heteroatoms. The zero-order valence-corrected chi connectivity index (χ0v) is 13.6. The van der Waals surface area contributed by atoms with E-state index in [0.717, 1.165) is 39.3 Å². The summed E-state index contributed by atoms with van der Waals surface area (Å²) >= 11 is 8.08. The monoisotopic (exact) mass is 313 g/mol. The molecular weight excluding hydrogens is 294 g/mol. The second-order valence-corrected chi connectivity index (χ2v) is 6.23. The van der Waals surface area contributed by atoms with Gasteiger partial charge in [-0.15, -0.1) is 11.3 Å². The van der Waals surface area contributed by atoms with Gasteiger partial charge in [0.2, 0.25) is 0 Å². The lowest BCUT2D eigenvalue weighted by Gasteiger charge is -2.14. The summed E-state index contributed by atoms with van der Waals surface area (Å²) in [5.74, 6) is 5.70. The van der Waals surface area contributed by atoms with Gasteiger partial charge in [0, 0.05) is 24.0 Å². The number of hydrogen-bond acceptors (Lipinski definition) is 5. The predicted molar refractivity (Wildman–Crippen MR) is 82.9 cm³/mol. The molecule has 110 valence electrons. The van der Waals surface area contributed by atoms with Crippen LogP contribution in [0.3, 0.4) is 0 Å². The highest BCUT2D eigenvalue weighted by molar-refractivity contribution is 7.11. The first-order valence-corrected chi connectivity index (χ1v) is 7.92. The Balaban J connectivity index is 2.29. The fraction of sp³-hybridized carbons (Fsp3) is 0.538. The number of nitrogens with zero attached hydrogens (tertiary/aromatic N) is 3. The van der Waals surface area contributed by atoms with Crippen molar-refractivity contribution in [2.45, 2.75) is 46.2 Å². The summed E-state index contributed by atoms with van der Waals surface area (Å²) in [4.78, 5) is 5.39. The number of thiazole rings is 1. The van der Waals surface area contributed by atoms with Crippen molar-refractivity contribution in [1.29, 1.82) is 0 Å². The summed E-state index contributed by atoms with van der Waals surface area (Å²) in [5.41, 5.74) is 4.83. The van der Waals surface area contributed by atoms with E-state index in [1.54, 1.807) is 11.3 Å². The summed E-state index contributed by atoms with van der Waals surface area (Å²) in [6.07, 6.45) is 3.41. The van der Waals surface area contributed by atoms with E-state index in [-0.39, 0.29) is 6.04 Å². The van der Waals surface area contributed by atoms with Crippen molar-refractivity contribution < 1.29 is 0 Å².